The molecule has 0 aliphatic rings. The topological polar surface area (TPSA) is 71.2 Å². The lowest BCUT2D eigenvalue weighted by molar-refractivity contribution is 0.384. The fourth-order valence-corrected chi connectivity index (χ4v) is 2.06. The van der Waals surface area contributed by atoms with Gasteiger partial charge in [0.15, 0.2) is 0 Å². The molecule has 0 bridgehead atoms. The quantitative estimate of drug-likeness (QED) is 0.703. The zero-order chi connectivity index (χ0) is 14.7. The van der Waals surface area contributed by atoms with Crippen molar-refractivity contribution in [1.29, 1.82) is 0 Å². The first-order chi connectivity index (χ1) is 10.2. The SMILES string of the molecule is Oc1ccc(NCc2nc(-c3ccc(Br)cc3)no2)cc1. The number of nitrogens with one attached hydrogen (secondary N) is 1. The Kier molecular flexibility index (Phi) is 3.87. The van der Waals surface area contributed by atoms with Crippen LogP contribution < -0.4 is 5.32 Å². The van der Waals surface area contributed by atoms with Crippen LogP contribution in [0.2, 0.25) is 0 Å². The van der Waals surface area contributed by atoms with Gasteiger partial charge in [-0.15, -0.1) is 0 Å². The van der Waals surface area contributed by atoms with Crippen molar-refractivity contribution in [3.63, 3.8) is 0 Å². The summed E-state index contributed by atoms with van der Waals surface area (Å²) in [5.74, 6) is 1.29. The minimum Gasteiger partial charge on any atom is -0.508 e. The molecule has 0 aliphatic carbocycles. The van der Waals surface area contributed by atoms with Crippen molar-refractivity contribution in [3.8, 4) is 17.1 Å². The van der Waals surface area contributed by atoms with Crippen LogP contribution >= 0.6 is 15.9 Å². The first-order valence-corrected chi connectivity index (χ1v) is 7.11. The van der Waals surface area contributed by atoms with Gasteiger partial charge in [0.05, 0.1) is 6.54 Å². The molecular weight excluding hydrogens is 334 g/mol. The maximum absolute atomic E-state index is 9.22. The Bertz CT molecular complexity index is 723. The number of phenols is 1. The van der Waals surface area contributed by atoms with Gasteiger partial charge >= 0.3 is 0 Å². The van der Waals surface area contributed by atoms with Crippen molar-refractivity contribution in [2.75, 3.05) is 5.32 Å². The van der Waals surface area contributed by atoms with Crippen LogP contribution in [0.4, 0.5) is 5.69 Å². The van der Waals surface area contributed by atoms with Gasteiger partial charge in [0.2, 0.25) is 11.7 Å². The largest absolute Gasteiger partial charge is 0.508 e. The van der Waals surface area contributed by atoms with Gasteiger partial charge in [-0.1, -0.05) is 21.1 Å². The van der Waals surface area contributed by atoms with Gasteiger partial charge in [0, 0.05) is 15.7 Å². The minimum atomic E-state index is 0.232. The molecule has 0 atom stereocenters. The average molecular weight is 346 g/mol. The predicted molar refractivity (Wildman–Crippen MR) is 82.9 cm³/mol. The summed E-state index contributed by atoms with van der Waals surface area (Å²) >= 11 is 3.39. The molecule has 1 heterocycles. The number of phenolic OH excluding ortho intramolecular Hbond substituents is 1. The minimum absolute atomic E-state index is 0.232. The summed E-state index contributed by atoms with van der Waals surface area (Å²) in [4.78, 5) is 4.34. The third-order valence-corrected chi connectivity index (χ3v) is 3.41. The average Bonchev–Trinajstić information content (AvgIpc) is 2.96. The highest BCUT2D eigenvalue weighted by Crippen LogP contribution is 2.19. The second-order valence-electron chi connectivity index (χ2n) is 4.42. The van der Waals surface area contributed by atoms with E-state index < -0.39 is 0 Å². The molecule has 0 unspecified atom stereocenters. The van der Waals surface area contributed by atoms with Gasteiger partial charge in [-0.05, 0) is 48.5 Å². The van der Waals surface area contributed by atoms with E-state index in [1.54, 1.807) is 24.3 Å². The third-order valence-electron chi connectivity index (χ3n) is 2.88. The van der Waals surface area contributed by atoms with E-state index in [2.05, 4.69) is 31.4 Å². The van der Waals surface area contributed by atoms with Crippen LogP contribution in [0.25, 0.3) is 11.4 Å². The van der Waals surface area contributed by atoms with Gasteiger partial charge < -0.3 is 14.9 Å². The van der Waals surface area contributed by atoms with E-state index in [0.717, 1.165) is 15.7 Å². The molecule has 0 fully saturated rings. The van der Waals surface area contributed by atoms with Crippen molar-refractivity contribution < 1.29 is 9.63 Å². The van der Waals surface area contributed by atoms with E-state index in [1.165, 1.54) is 0 Å². The Labute approximate surface area is 129 Å². The monoisotopic (exact) mass is 345 g/mol. The van der Waals surface area contributed by atoms with Crippen LogP contribution in [-0.2, 0) is 6.54 Å². The molecule has 0 radical (unpaired) electrons. The van der Waals surface area contributed by atoms with E-state index >= 15 is 0 Å². The van der Waals surface area contributed by atoms with Gasteiger partial charge in [0.25, 0.3) is 0 Å². The van der Waals surface area contributed by atoms with Gasteiger partial charge in [-0.2, -0.15) is 4.98 Å². The van der Waals surface area contributed by atoms with Crippen molar-refractivity contribution in [2.45, 2.75) is 6.54 Å². The normalized spacial score (nSPS) is 10.5. The van der Waals surface area contributed by atoms with Crippen LogP contribution in [0.1, 0.15) is 5.89 Å². The number of halogens is 1. The van der Waals surface area contributed by atoms with E-state index in [9.17, 15) is 5.11 Å². The molecule has 1 aromatic heterocycles. The maximum Gasteiger partial charge on any atom is 0.246 e. The van der Waals surface area contributed by atoms with Crippen molar-refractivity contribution >= 4 is 21.6 Å². The van der Waals surface area contributed by atoms with Crippen molar-refractivity contribution in [3.05, 3.63) is 58.9 Å². The highest BCUT2D eigenvalue weighted by Gasteiger charge is 2.08. The van der Waals surface area contributed by atoms with E-state index in [1.807, 2.05) is 24.3 Å². The van der Waals surface area contributed by atoms with Crippen molar-refractivity contribution in [1.82, 2.24) is 10.1 Å². The lowest BCUT2D eigenvalue weighted by atomic mass is 10.2. The first kappa shape index (κ1) is 13.6. The molecule has 0 saturated carbocycles. The Morgan fingerprint density at radius 1 is 1.05 bits per heavy atom. The summed E-state index contributed by atoms with van der Waals surface area (Å²) in [5.41, 5.74) is 1.77. The molecule has 2 N–H and O–H groups in total. The Morgan fingerprint density at radius 2 is 1.76 bits per heavy atom. The number of rotatable bonds is 4. The summed E-state index contributed by atoms with van der Waals surface area (Å²) in [5, 5.41) is 16.3. The molecule has 0 amide bonds. The van der Waals surface area contributed by atoms with E-state index in [4.69, 9.17) is 4.52 Å². The number of nitrogens with zero attached hydrogens (tertiary/aromatic N) is 2. The number of aromatic hydroxyl groups is 1. The molecular formula is C15H12BrN3O2. The fourth-order valence-electron chi connectivity index (χ4n) is 1.80. The van der Waals surface area contributed by atoms with Crippen LogP contribution in [0.5, 0.6) is 5.75 Å². The zero-order valence-corrected chi connectivity index (χ0v) is 12.5. The molecule has 5 nitrogen and oxygen atoms in total. The fraction of sp³-hybridized carbons (Fsp3) is 0.0667. The molecule has 3 rings (SSSR count). The van der Waals surface area contributed by atoms with Crippen LogP contribution in [-0.4, -0.2) is 15.2 Å². The Balaban J connectivity index is 1.67. The lowest BCUT2D eigenvalue weighted by Gasteiger charge is -2.02. The van der Waals surface area contributed by atoms with Gasteiger partial charge in [-0.25, -0.2) is 0 Å². The first-order valence-electron chi connectivity index (χ1n) is 6.32. The molecule has 3 aromatic rings. The zero-order valence-electron chi connectivity index (χ0n) is 11.0. The summed E-state index contributed by atoms with van der Waals surface area (Å²) in [6, 6.07) is 14.5. The highest BCUT2D eigenvalue weighted by molar-refractivity contribution is 9.10. The molecule has 6 heteroatoms. The molecule has 106 valence electrons. The molecule has 0 saturated heterocycles. The summed E-state index contributed by atoms with van der Waals surface area (Å²) < 4.78 is 6.21. The molecule has 21 heavy (non-hydrogen) atoms. The lowest BCUT2D eigenvalue weighted by Crippen LogP contribution is -1.99. The second kappa shape index (κ2) is 5.97. The third kappa shape index (κ3) is 3.41. The van der Waals surface area contributed by atoms with Crippen LogP contribution in [0, 0.1) is 0 Å². The van der Waals surface area contributed by atoms with Crippen molar-refractivity contribution in [2.24, 2.45) is 0 Å². The summed E-state index contributed by atoms with van der Waals surface area (Å²) in [6.45, 7) is 0.425. The smallest absolute Gasteiger partial charge is 0.246 e. The predicted octanol–water partition coefficient (Wildman–Crippen LogP) is 3.82. The standard InChI is InChI=1S/C15H12BrN3O2/c16-11-3-1-10(2-4-11)15-18-14(21-19-15)9-17-12-5-7-13(20)8-6-12/h1-8,17,20H,9H2. The van der Waals surface area contributed by atoms with E-state index in [0.29, 0.717) is 18.3 Å². The number of benzene rings is 2. The maximum atomic E-state index is 9.22. The number of aromatic nitrogens is 2. The number of hydrogen-bond acceptors (Lipinski definition) is 5. The van der Waals surface area contributed by atoms with Crippen LogP contribution in [0.15, 0.2) is 57.5 Å². The Morgan fingerprint density at radius 3 is 2.48 bits per heavy atom. The molecule has 2 aromatic carbocycles. The second-order valence-corrected chi connectivity index (χ2v) is 5.33. The van der Waals surface area contributed by atoms with Gasteiger partial charge in [0.1, 0.15) is 5.75 Å². The summed E-state index contributed by atoms with van der Waals surface area (Å²) in [7, 11) is 0. The van der Waals surface area contributed by atoms with Gasteiger partial charge in [-0.3, -0.25) is 0 Å². The Hall–Kier alpha value is -2.34. The number of hydrogen-bond donors (Lipinski definition) is 2. The molecule has 0 spiro atoms. The highest BCUT2D eigenvalue weighted by atomic mass is 79.9. The molecule has 0 aliphatic heterocycles. The number of anilines is 1. The van der Waals surface area contributed by atoms with Crippen LogP contribution in [0.3, 0.4) is 0 Å². The summed E-state index contributed by atoms with van der Waals surface area (Å²) in [6.07, 6.45) is 0. The van der Waals surface area contributed by atoms with E-state index in [-0.39, 0.29) is 5.75 Å².